The number of likely N-dealkylation sites (tertiary alicyclic amines) is 1. The summed E-state index contributed by atoms with van der Waals surface area (Å²) in [6.45, 7) is 4.71. The SMILES string of the molecule is CC(C)N(C)C(=O)C1CCN(C(=O)c2ccc(F)cc2F)CC1. The average Bonchev–Trinajstić information content (AvgIpc) is 2.53. The van der Waals surface area contributed by atoms with Gasteiger partial charge in [0, 0.05) is 38.2 Å². The number of carbonyl (C=O) groups is 2. The van der Waals surface area contributed by atoms with E-state index < -0.39 is 17.5 Å². The molecule has 1 aromatic carbocycles. The normalized spacial score (nSPS) is 15.8. The van der Waals surface area contributed by atoms with E-state index in [0.717, 1.165) is 12.1 Å². The summed E-state index contributed by atoms with van der Waals surface area (Å²) >= 11 is 0. The molecule has 6 heteroatoms. The van der Waals surface area contributed by atoms with Crippen LogP contribution in [-0.4, -0.2) is 47.8 Å². The fourth-order valence-electron chi connectivity index (χ4n) is 2.71. The van der Waals surface area contributed by atoms with Gasteiger partial charge in [0.25, 0.3) is 5.91 Å². The van der Waals surface area contributed by atoms with E-state index in [1.165, 1.54) is 4.90 Å². The zero-order valence-corrected chi connectivity index (χ0v) is 13.7. The summed E-state index contributed by atoms with van der Waals surface area (Å²) in [5.41, 5.74) is -0.129. The van der Waals surface area contributed by atoms with Crippen molar-refractivity contribution in [2.24, 2.45) is 5.92 Å². The third kappa shape index (κ3) is 3.86. The van der Waals surface area contributed by atoms with Crippen LogP contribution < -0.4 is 0 Å². The van der Waals surface area contributed by atoms with Crippen LogP contribution in [0.4, 0.5) is 8.78 Å². The summed E-state index contributed by atoms with van der Waals surface area (Å²) < 4.78 is 26.6. The summed E-state index contributed by atoms with van der Waals surface area (Å²) in [5, 5.41) is 0. The molecule has 4 nitrogen and oxygen atoms in total. The fraction of sp³-hybridized carbons (Fsp3) is 0.529. The van der Waals surface area contributed by atoms with Gasteiger partial charge in [-0.15, -0.1) is 0 Å². The Balaban J connectivity index is 1.99. The lowest BCUT2D eigenvalue weighted by Crippen LogP contribution is -2.45. The zero-order chi connectivity index (χ0) is 17.1. The number of carbonyl (C=O) groups excluding carboxylic acids is 2. The lowest BCUT2D eigenvalue weighted by Gasteiger charge is -2.34. The zero-order valence-electron chi connectivity index (χ0n) is 13.7. The number of halogens is 2. The monoisotopic (exact) mass is 324 g/mol. The maximum atomic E-state index is 13.7. The Morgan fingerprint density at radius 1 is 1.22 bits per heavy atom. The number of amides is 2. The highest BCUT2D eigenvalue weighted by Crippen LogP contribution is 2.22. The van der Waals surface area contributed by atoms with Gasteiger partial charge >= 0.3 is 0 Å². The van der Waals surface area contributed by atoms with Crippen molar-refractivity contribution in [2.45, 2.75) is 32.7 Å². The lowest BCUT2D eigenvalue weighted by molar-refractivity contribution is -0.137. The van der Waals surface area contributed by atoms with Crippen molar-refractivity contribution in [2.75, 3.05) is 20.1 Å². The van der Waals surface area contributed by atoms with Gasteiger partial charge in [0.2, 0.25) is 5.91 Å². The molecular formula is C17H22F2N2O2. The Morgan fingerprint density at radius 3 is 2.35 bits per heavy atom. The molecule has 0 N–H and O–H groups in total. The Morgan fingerprint density at radius 2 is 1.83 bits per heavy atom. The van der Waals surface area contributed by atoms with Crippen LogP contribution in [0, 0.1) is 17.6 Å². The Hall–Kier alpha value is -1.98. The van der Waals surface area contributed by atoms with E-state index in [1.54, 1.807) is 11.9 Å². The molecule has 0 aliphatic carbocycles. The summed E-state index contributed by atoms with van der Waals surface area (Å²) in [4.78, 5) is 27.9. The first-order chi connectivity index (χ1) is 10.8. The van der Waals surface area contributed by atoms with E-state index in [1.807, 2.05) is 13.8 Å². The molecule has 1 heterocycles. The van der Waals surface area contributed by atoms with Crippen LogP contribution in [0.5, 0.6) is 0 Å². The summed E-state index contributed by atoms with van der Waals surface area (Å²) in [6, 6.07) is 3.08. The lowest BCUT2D eigenvalue weighted by atomic mass is 9.94. The standard InChI is InChI=1S/C17H22F2N2O2/c1-11(2)20(3)16(22)12-6-8-21(9-7-12)17(23)14-5-4-13(18)10-15(14)19/h4-5,10-12H,6-9H2,1-3H3. The second-order valence-corrected chi connectivity index (χ2v) is 6.23. The van der Waals surface area contributed by atoms with Gasteiger partial charge in [-0.1, -0.05) is 0 Å². The largest absolute Gasteiger partial charge is 0.343 e. The minimum Gasteiger partial charge on any atom is -0.343 e. The Kier molecular flexibility index (Phi) is 5.34. The van der Waals surface area contributed by atoms with Crippen molar-refractivity contribution in [3.05, 3.63) is 35.4 Å². The van der Waals surface area contributed by atoms with Gasteiger partial charge in [-0.3, -0.25) is 9.59 Å². The van der Waals surface area contributed by atoms with E-state index in [0.29, 0.717) is 32.0 Å². The minimum absolute atomic E-state index is 0.0834. The third-order valence-corrected chi connectivity index (χ3v) is 4.42. The quantitative estimate of drug-likeness (QED) is 0.858. The van der Waals surface area contributed by atoms with Crippen LogP contribution in [0.15, 0.2) is 18.2 Å². The van der Waals surface area contributed by atoms with Crippen molar-refractivity contribution < 1.29 is 18.4 Å². The van der Waals surface area contributed by atoms with Gasteiger partial charge in [-0.25, -0.2) is 8.78 Å². The summed E-state index contributed by atoms with van der Waals surface area (Å²) in [6.07, 6.45) is 1.12. The van der Waals surface area contributed by atoms with Crippen LogP contribution >= 0.6 is 0 Å². The number of piperidine rings is 1. The molecule has 1 fully saturated rings. The van der Waals surface area contributed by atoms with E-state index in [-0.39, 0.29) is 23.4 Å². The predicted octanol–water partition coefficient (Wildman–Crippen LogP) is 2.68. The van der Waals surface area contributed by atoms with E-state index in [2.05, 4.69) is 0 Å². The van der Waals surface area contributed by atoms with Crippen molar-refractivity contribution in [1.29, 1.82) is 0 Å². The predicted molar refractivity (Wildman–Crippen MR) is 82.9 cm³/mol. The number of benzene rings is 1. The van der Waals surface area contributed by atoms with Crippen LogP contribution in [0.25, 0.3) is 0 Å². The molecular weight excluding hydrogens is 302 g/mol. The van der Waals surface area contributed by atoms with Crippen LogP contribution in [0.1, 0.15) is 37.0 Å². The molecule has 1 saturated heterocycles. The Bertz CT molecular complexity index is 596. The molecule has 2 amide bonds. The van der Waals surface area contributed by atoms with E-state index in [4.69, 9.17) is 0 Å². The van der Waals surface area contributed by atoms with Gasteiger partial charge in [-0.05, 0) is 38.8 Å². The first kappa shape index (κ1) is 17.4. The highest BCUT2D eigenvalue weighted by molar-refractivity contribution is 5.94. The number of hydrogen-bond donors (Lipinski definition) is 0. The van der Waals surface area contributed by atoms with Crippen molar-refractivity contribution in [3.63, 3.8) is 0 Å². The average molecular weight is 324 g/mol. The maximum absolute atomic E-state index is 13.7. The summed E-state index contributed by atoms with van der Waals surface area (Å²) in [5.74, 6) is -2.04. The molecule has 0 atom stereocenters. The van der Waals surface area contributed by atoms with E-state index >= 15 is 0 Å². The first-order valence-corrected chi connectivity index (χ1v) is 7.82. The molecule has 0 spiro atoms. The molecule has 0 bridgehead atoms. The van der Waals surface area contributed by atoms with Crippen LogP contribution in [0.3, 0.4) is 0 Å². The molecule has 23 heavy (non-hydrogen) atoms. The molecule has 0 radical (unpaired) electrons. The van der Waals surface area contributed by atoms with Gasteiger partial charge < -0.3 is 9.80 Å². The minimum atomic E-state index is -0.854. The molecule has 1 aliphatic heterocycles. The highest BCUT2D eigenvalue weighted by atomic mass is 19.1. The molecule has 0 aromatic heterocycles. The third-order valence-electron chi connectivity index (χ3n) is 4.42. The molecule has 0 unspecified atom stereocenters. The number of nitrogens with zero attached hydrogens (tertiary/aromatic N) is 2. The first-order valence-electron chi connectivity index (χ1n) is 7.82. The van der Waals surface area contributed by atoms with E-state index in [9.17, 15) is 18.4 Å². The molecule has 2 rings (SSSR count). The number of hydrogen-bond acceptors (Lipinski definition) is 2. The van der Waals surface area contributed by atoms with Gasteiger partial charge in [0.1, 0.15) is 11.6 Å². The molecule has 1 aromatic rings. The topological polar surface area (TPSA) is 40.6 Å². The second kappa shape index (κ2) is 7.06. The van der Waals surface area contributed by atoms with Crippen molar-refractivity contribution in [3.8, 4) is 0 Å². The van der Waals surface area contributed by atoms with Gasteiger partial charge in [-0.2, -0.15) is 0 Å². The maximum Gasteiger partial charge on any atom is 0.256 e. The van der Waals surface area contributed by atoms with Crippen molar-refractivity contribution >= 4 is 11.8 Å². The highest BCUT2D eigenvalue weighted by Gasteiger charge is 2.30. The number of rotatable bonds is 3. The fourth-order valence-corrected chi connectivity index (χ4v) is 2.71. The Labute approximate surface area is 135 Å². The second-order valence-electron chi connectivity index (χ2n) is 6.23. The summed E-state index contributed by atoms with van der Waals surface area (Å²) in [7, 11) is 1.78. The smallest absolute Gasteiger partial charge is 0.256 e. The van der Waals surface area contributed by atoms with Crippen LogP contribution in [-0.2, 0) is 4.79 Å². The van der Waals surface area contributed by atoms with Crippen LogP contribution in [0.2, 0.25) is 0 Å². The molecule has 126 valence electrons. The van der Waals surface area contributed by atoms with Gasteiger partial charge in [0.15, 0.2) is 0 Å². The molecule has 1 aliphatic rings. The van der Waals surface area contributed by atoms with Crippen molar-refractivity contribution in [1.82, 2.24) is 9.80 Å². The van der Waals surface area contributed by atoms with Gasteiger partial charge in [0.05, 0.1) is 5.56 Å². The molecule has 0 saturated carbocycles.